The zero-order chi connectivity index (χ0) is 22.3. The average Bonchev–Trinajstić information content (AvgIpc) is 2.71. The molecule has 0 saturated carbocycles. The zero-order valence-electron chi connectivity index (χ0n) is 17.1. The number of halogens is 3. The van der Waals surface area contributed by atoms with Crippen molar-refractivity contribution in [2.45, 2.75) is 45.8 Å². The fourth-order valence-corrected chi connectivity index (χ4v) is 3.13. The standard InChI is InChI=1S/C22H25Cl2FN2O3/c1-4-14(2)26-22(29)15(3)27(12-16-9-10-17(23)11-18(16)24)21(28)13-30-20-8-6-5-7-19(20)25/h5-11,14-15H,4,12-13H2,1-3H3,(H,26,29)/t14-,15+/m0/s1. The van der Waals surface area contributed by atoms with Gasteiger partial charge in [-0.05, 0) is 50.1 Å². The van der Waals surface area contributed by atoms with Crippen LogP contribution < -0.4 is 10.1 Å². The molecule has 0 heterocycles. The number of hydrogen-bond acceptors (Lipinski definition) is 3. The molecule has 0 bridgehead atoms. The SMILES string of the molecule is CC[C@H](C)NC(=O)[C@@H](C)N(Cc1ccc(Cl)cc1Cl)C(=O)COc1ccccc1F. The van der Waals surface area contributed by atoms with Crippen LogP contribution in [0.25, 0.3) is 0 Å². The Kier molecular flexibility index (Phi) is 8.93. The summed E-state index contributed by atoms with van der Waals surface area (Å²) in [5, 5.41) is 3.71. The Balaban J connectivity index is 2.21. The molecule has 162 valence electrons. The van der Waals surface area contributed by atoms with Gasteiger partial charge in [-0.3, -0.25) is 9.59 Å². The predicted molar refractivity (Wildman–Crippen MR) is 116 cm³/mol. The maximum Gasteiger partial charge on any atom is 0.261 e. The first-order valence-corrected chi connectivity index (χ1v) is 10.4. The lowest BCUT2D eigenvalue weighted by Crippen LogP contribution is -2.50. The molecule has 8 heteroatoms. The number of benzene rings is 2. The summed E-state index contributed by atoms with van der Waals surface area (Å²) in [5.41, 5.74) is 0.628. The topological polar surface area (TPSA) is 58.6 Å². The van der Waals surface area contributed by atoms with Crippen molar-refractivity contribution in [2.24, 2.45) is 0 Å². The largest absolute Gasteiger partial charge is 0.481 e. The van der Waals surface area contributed by atoms with Gasteiger partial charge in [0.15, 0.2) is 18.2 Å². The van der Waals surface area contributed by atoms with Gasteiger partial charge < -0.3 is 15.0 Å². The second kappa shape index (κ2) is 11.2. The Morgan fingerprint density at radius 3 is 2.50 bits per heavy atom. The number of para-hydroxylation sites is 1. The second-order valence-electron chi connectivity index (χ2n) is 6.97. The summed E-state index contributed by atoms with van der Waals surface area (Å²) in [7, 11) is 0. The van der Waals surface area contributed by atoms with Crippen LogP contribution in [0.4, 0.5) is 4.39 Å². The molecule has 0 saturated heterocycles. The number of nitrogens with zero attached hydrogens (tertiary/aromatic N) is 1. The minimum atomic E-state index is -0.789. The Hall–Kier alpha value is -2.31. The molecule has 0 radical (unpaired) electrons. The van der Waals surface area contributed by atoms with Crippen LogP contribution in [0.15, 0.2) is 42.5 Å². The Morgan fingerprint density at radius 1 is 1.17 bits per heavy atom. The van der Waals surface area contributed by atoms with E-state index >= 15 is 0 Å². The van der Waals surface area contributed by atoms with E-state index in [0.29, 0.717) is 15.6 Å². The highest BCUT2D eigenvalue weighted by Gasteiger charge is 2.28. The summed E-state index contributed by atoms with van der Waals surface area (Å²) in [6.45, 7) is 5.11. The van der Waals surface area contributed by atoms with Crippen molar-refractivity contribution < 1.29 is 18.7 Å². The number of rotatable bonds is 9. The highest BCUT2D eigenvalue weighted by molar-refractivity contribution is 6.35. The Labute approximate surface area is 186 Å². The number of carbonyl (C=O) groups is 2. The maximum absolute atomic E-state index is 13.8. The quantitative estimate of drug-likeness (QED) is 0.589. The van der Waals surface area contributed by atoms with E-state index in [1.54, 1.807) is 31.2 Å². The molecule has 2 rings (SSSR count). The number of carbonyl (C=O) groups excluding carboxylic acids is 2. The first-order chi connectivity index (χ1) is 14.2. The Morgan fingerprint density at radius 2 is 1.87 bits per heavy atom. The summed E-state index contributed by atoms with van der Waals surface area (Å²) in [6, 6.07) is 9.91. The molecule has 1 N–H and O–H groups in total. The molecule has 2 aromatic carbocycles. The molecule has 0 spiro atoms. The normalized spacial score (nSPS) is 12.7. The minimum Gasteiger partial charge on any atom is -0.481 e. The molecule has 30 heavy (non-hydrogen) atoms. The van der Waals surface area contributed by atoms with Gasteiger partial charge in [-0.2, -0.15) is 0 Å². The van der Waals surface area contributed by atoms with Crippen molar-refractivity contribution >= 4 is 35.0 Å². The van der Waals surface area contributed by atoms with Gasteiger partial charge in [-0.25, -0.2) is 4.39 Å². The molecule has 0 aliphatic rings. The lowest BCUT2D eigenvalue weighted by atomic mass is 10.1. The van der Waals surface area contributed by atoms with Gasteiger partial charge in [0.05, 0.1) is 0 Å². The van der Waals surface area contributed by atoms with Gasteiger partial charge in [-0.1, -0.05) is 48.3 Å². The van der Waals surface area contributed by atoms with Gasteiger partial charge in [0, 0.05) is 22.6 Å². The van der Waals surface area contributed by atoms with Crippen molar-refractivity contribution in [1.82, 2.24) is 10.2 Å². The number of ether oxygens (including phenoxy) is 1. The van der Waals surface area contributed by atoms with E-state index in [0.717, 1.165) is 6.42 Å². The number of amides is 2. The lowest BCUT2D eigenvalue weighted by Gasteiger charge is -2.30. The van der Waals surface area contributed by atoms with Crippen molar-refractivity contribution in [1.29, 1.82) is 0 Å². The van der Waals surface area contributed by atoms with E-state index in [9.17, 15) is 14.0 Å². The molecule has 0 aliphatic heterocycles. The third-order valence-electron chi connectivity index (χ3n) is 4.71. The Bertz CT molecular complexity index is 894. The van der Waals surface area contributed by atoms with E-state index in [2.05, 4.69) is 5.32 Å². The first-order valence-electron chi connectivity index (χ1n) is 9.64. The van der Waals surface area contributed by atoms with Gasteiger partial charge >= 0.3 is 0 Å². The number of nitrogens with one attached hydrogen (secondary N) is 1. The monoisotopic (exact) mass is 454 g/mol. The third-order valence-corrected chi connectivity index (χ3v) is 5.30. The average molecular weight is 455 g/mol. The van der Waals surface area contributed by atoms with Crippen molar-refractivity contribution in [2.75, 3.05) is 6.61 Å². The summed E-state index contributed by atoms with van der Waals surface area (Å²) in [4.78, 5) is 27.0. The van der Waals surface area contributed by atoms with Crippen LogP contribution in [0, 0.1) is 5.82 Å². The molecule has 2 aromatic rings. The van der Waals surface area contributed by atoms with Crippen molar-refractivity contribution in [3.8, 4) is 5.75 Å². The lowest BCUT2D eigenvalue weighted by molar-refractivity contribution is -0.142. The van der Waals surface area contributed by atoms with Crippen LogP contribution >= 0.6 is 23.2 Å². The molecule has 0 aromatic heterocycles. The summed E-state index contributed by atoms with van der Waals surface area (Å²) in [6.07, 6.45) is 0.756. The van der Waals surface area contributed by atoms with Crippen LogP contribution in [0.1, 0.15) is 32.8 Å². The van der Waals surface area contributed by atoms with Gasteiger partial charge in [0.2, 0.25) is 5.91 Å². The van der Waals surface area contributed by atoms with Crippen LogP contribution in [0.3, 0.4) is 0 Å². The molecule has 2 atom stereocenters. The zero-order valence-corrected chi connectivity index (χ0v) is 18.6. The summed E-state index contributed by atoms with van der Waals surface area (Å²) < 4.78 is 19.2. The molecule has 0 fully saturated rings. The minimum absolute atomic E-state index is 0.0352. The van der Waals surface area contributed by atoms with Crippen molar-refractivity contribution in [3.63, 3.8) is 0 Å². The van der Waals surface area contributed by atoms with Crippen LogP contribution in [-0.4, -0.2) is 35.4 Å². The van der Waals surface area contributed by atoms with Crippen LogP contribution in [0.5, 0.6) is 5.75 Å². The van der Waals surface area contributed by atoms with Gasteiger partial charge in [0.25, 0.3) is 5.91 Å². The van der Waals surface area contributed by atoms with Crippen LogP contribution in [-0.2, 0) is 16.1 Å². The molecular weight excluding hydrogens is 430 g/mol. The van der Waals surface area contributed by atoms with E-state index < -0.39 is 24.4 Å². The highest BCUT2D eigenvalue weighted by Crippen LogP contribution is 2.23. The second-order valence-corrected chi connectivity index (χ2v) is 7.81. The maximum atomic E-state index is 13.8. The highest BCUT2D eigenvalue weighted by atomic mass is 35.5. The summed E-state index contributed by atoms with van der Waals surface area (Å²) in [5.74, 6) is -1.38. The molecule has 0 unspecified atom stereocenters. The molecule has 0 aliphatic carbocycles. The van der Waals surface area contributed by atoms with Gasteiger partial charge in [0.1, 0.15) is 6.04 Å². The molecular formula is C22H25Cl2FN2O3. The fourth-order valence-electron chi connectivity index (χ4n) is 2.67. The molecule has 2 amide bonds. The van der Waals surface area contributed by atoms with E-state index in [-0.39, 0.29) is 24.2 Å². The predicted octanol–water partition coefficient (Wildman–Crippen LogP) is 4.84. The fraction of sp³-hybridized carbons (Fsp3) is 0.364. The van der Waals surface area contributed by atoms with E-state index in [4.69, 9.17) is 27.9 Å². The third kappa shape index (κ3) is 6.61. The first kappa shape index (κ1) is 24.0. The van der Waals surface area contributed by atoms with Crippen molar-refractivity contribution in [3.05, 3.63) is 63.9 Å². The van der Waals surface area contributed by atoms with Gasteiger partial charge in [-0.15, -0.1) is 0 Å². The number of hydrogen-bond donors (Lipinski definition) is 1. The summed E-state index contributed by atoms with van der Waals surface area (Å²) >= 11 is 12.2. The van der Waals surface area contributed by atoms with Crippen LogP contribution in [0.2, 0.25) is 10.0 Å². The van der Waals surface area contributed by atoms with E-state index in [1.165, 1.54) is 23.1 Å². The smallest absolute Gasteiger partial charge is 0.261 e. The molecule has 5 nitrogen and oxygen atoms in total. The van der Waals surface area contributed by atoms with E-state index in [1.807, 2.05) is 13.8 Å².